The minimum absolute atomic E-state index is 0.0944. The van der Waals surface area contributed by atoms with Crippen molar-refractivity contribution in [1.82, 2.24) is 9.55 Å². The molecule has 1 aliphatic carbocycles. The van der Waals surface area contributed by atoms with Gasteiger partial charge in [0.05, 0.1) is 0 Å². The highest BCUT2D eigenvalue weighted by Gasteiger charge is 2.54. The summed E-state index contributed by atoms with van der Waals surface area (Å²) in [5.74, 6) is -4.04. The fourth-order valence-electron chi connectivity index (χ4n) is 5.17. The molecule has 8 heteroatoms. The molecular formula is C26H30F2N2O3Si. The number of hydrogen-bond donors (Lipinski definition) is 1. The van der Waals surface area contributed by atoms with Crippen molar-refractivity contribution in [3.8, 4) is 0 Å². The van der Waals surface area contributed by atoms with E-state index in [1.807, 2.05) is 60.7 Å². The molecule has 1 saturated carbocycles. The minimum Gasteiger partial charge on any atom is -0.407 e. The summed E-state index contributed by atoms with van der Waals surface area (Å²) in [4.78, 5) is 25.8. The maximum Gasteiger partial charge on any atom is 0.328 e. The van der Waals surface area contributed by atoms with E-state index in [4.69, 9.17) is 4.43 Å². The van der Waals surface area contributed by atoms with E-state index in [1.54, 1.807) is 0 Å². The highest BCUT2D eigenvalue weighted by molar-refractivity contribution is 6.99. The van der Waals surface area contributed by atoms with E-state index in [2.05, 4.69) is 25.8 Å². The predicted octanol–water partition coefficient (Wildman–Crippen LogP) is 3.70. The molecule has 0 amide bonds. The van der Waals surface area contributed by atoms with Crippen LogP contribution in [0, 0.1) is 5.92 Å². The molecule has 34 heavy (non-hydrogen) atoms. The van der Waals surface area contributed by atoms with Crippen LogP contribution in [0.1, 0.15) is 39.7 Å². The quantitative estimate of drug-likeness (QED) is 0.543. The third kappa shape index (κ3) is 4.44. The SMILES string of the molecule is CC(C)(C)[Si](OC[C@@H]1C[C@H](n2ccc(=O)[nH]c2=O)CC1(F)F)(c1ccccc1)c1ccccc1. The van der Waals surface area contributed by atoms with Crippen LogP contribution in [0.25, 0.3) is 0 Å². The highest BCUT2D eigenvalue weighted by Crippen LogP contribution is 2.47. The molecule has 1 fully saturated rings. The van der Waals surface area contributed by atoms with Gasteiger partial charge in [-0.3, -0.25) is 14.3 Å². The zero-order chi connectivity index (χ0) is 24.6. The molecule has 0 bridgehead atoms. The molecule has 2 aromatic carbocycles. The number of aromatic amines is 1. The average Bonchev–Trinajstić information content (AvgIpc) is 3.08. The molecule has 0 radical (unpaired) electrons. The molecule has 1 aliphatic rings. The van der Waals surface area contributed by atoms with Crippen LogP contribution in [0.3, 0.4) is 0 Å². The van der Waals surface area contributed by atoms with Crippen molar-refractivity contribution in [2.45, 2.75) is 50.6 Å². The van der Waals surface area contributed by atoms with Gasteiger partial charge in [-0.1, -0.05) is 81.4 Å². The molecule has 0 aliphatic heterocycles. The second kappa shape index (κ2) is 9.07. The molecule has 0 unspecified atom stereocenters. The van der Waals surface area contributed by atoms with Crippen molar-refractivity contribution in [3.63, 3.8) is 0 Å². The minimum atomic E-state index is -2.99. The Morgan fingerprint density at radius 2 is 1.56 bits per heavy atom. The van der Waals surface area contributed by atoms with Crippen molar-refractivity contribution in [2.24, 2.45) is 5.92 Å². The zero-order valence-electron chi connectivity index (χ0n) is 19.6. The van der Waals surface area contributed by atoms with Gasteiger partial charge in [0, 0.05) is 37.3 Å². The van der Waals surface area contributed by atoms with E-state index < -0.39 is 43.9 Å². The van der Waals surface area contributed by atoms with Crippen molar-refractivity contribution >= 4 is 18.7 Å². The standard InChI is InChI=1S/C26H30F2N2O3Si/c1-25(2,3)34(21-10-6-4-7-11-21,22-12-8-5-9-13-22)33-18-19-16-20(17-26(19,27)28)30-15-14-23(31)29-24(30)32/h4-15,19-20H,16-18H2,1-3H3,(H,29,31,32)/t19-,20-/m0/s1. The van der Waals surface area contributed by atoms with Crippen LogP contribution in [0.2, 0.25) is 5.04 Å². The Kier molecular flexibility index (Phi) is 6.48. The Bertz CT molecular complexity index is 1200. The lowest BCUT2D eigenvalue weighted by Gasteiger charge is -2.43. The van der Waals surface area contributed by atoms with Gasteiger partial charge >= 0.3 is 5.69 Å². The Labute approximate surface area is 198 Å². The molecule has 1 heterocycles. The van der Waals surface area contributed by atoms with Crippen molar-refractivity contribution in [2.75, 3.05) is 6.61 Å². The average molecular weight is 485 g/mol. The van der Waals surface area contributed by atoms with Crippen molar-refractivity contribution < 1.29 is 13.2 Å². The Morgan fingerprint density at radius 1 is 1.00 bits per heavy atom. The van der Waals surface area contributed by atoms with Gasteiger partial charge in [-0.15, -0.1) is 0 Å². The van der Waals surface area contributed by atoms with Gasteiger partial charge in [-0.25, -0.2) is 13.6 Å². The number of nitrogens with one attached hydrogen (secondary N) is 1. The Balaban J connectivity index is 1.69. The normalized spacial score (nSPS) is 20.4. The summed E-state index contributed by atoms with van der Waals surface area (Å²) in [7, 11) is -2.95. The number of hydrogen-bond acceptors (Lipinski definition) is 3. The summed E-state index contributed by atoms with van der Waals surface area (Å²) in [5, 5.41) is 1.74. The van der Waals surface area contributed by atoms with E-state index in [1.165, 1.54) is 16.8 Å². The second-order valence-electron chi connectivity index (χ2n) is 10.0. The van der Waals surface area contributed by atoms with Gasteiger partial charge < -0.3 is 4.43 Å². The van der Waals surface area contributed by atoms with Gasteiger partial charge in [0.1, 0.15) is 0 Å². The molecule has 1 N–H and O–H groups in total. The summed E-state index contributed by atoms with van der Waals surface area (Å²) in [6.07, 6.45) is 0.929. The van der Waals surface area contributed by atoms with Crippen LogP contribution in [0.15, 0.2) is 82.5 Å². The molecule has 3 aromatic rings. The van der Waals surface area contributed by atoms with Crippen LogP contribution in [-0.4, -0.2) is 30.4 Å². The number of halogens is 2. The molecule has 0 saturated heterocycles. The van der Waals surface area contributed by atoms with E-state index >= 15 is 8.78 Å². The van der Waals surface area contributed by atoms with E-state index in [9.17, 15) is 9.59 Å². The number of aromatic nitrogens is 2. The highest BCUT2D eigenvalue weighted by atomic mass is 28.4. The molecule has 180 valence electrons. The molecule has 0 spiro atoms. The van der Waals surface area contributed by atoms with Crippen LogP contribution in [-0.2, 0) is 4.43 Å². The monoisotopic (exact) mass is 484 g/mol. The third-order valence-corrected chi connectivity index (χ3v) is 11.8. The summed E-state index contributed by atoms with van der Waals surface area (Å²) in [6, 6.07) is 20.3. The van der Waals surface area contributed by atoms with Gasteiger partial charge in [0.2, 0.25) is 0 Å². The van der Waals surface area contributed by atoms with Gasteiger partial charge in [0.15, 0.2) is 0 Å². The molecule has 1 aromatic heterocycles. The number of benzene rings is 2. The van der Waals surface area contributed by atoms with Crippen LogP contribution >= 0.6 is 0 Å². The number of nitrogens with zero attached hydrogens (tertiary/aromatic N) is 1. The zero-order valence-corrected chi connectivity index (χ0v) is 20.6. The smallest absolute Gasteiger partial charge is 0.328 e. The maximum atomic E-state index is 15.2. The van der Waals surface area contributed by atoms with Crippen molar-refractivity contribution in [3.05, 3.63) is 93.8 Å². The summed E-state index contributed by atoms with van der Waals surface area (Å²) >= 11 is 0. The topological polar surface area (TPSA) is 64.1 Å². The summed E-state index contributed by atoms with van der Waals surface area (Å²) < 4.78 is 38.3. The molecule has 4 rings (SSSR count). The lowest BCUT2D eigenvalue weighted by atomic mass is 10.1. The largest absolute Gasteiger partial charge is 0.407 e. The number of alkyl halides is 2. The third-order valence-electron chi connectivity index (χ3n) is 6.82. The van der Waals surface area contributed by atoms with E-state index in [-0.39, 0.29) is 18.1 Å². The summed E-state index contributed by atoms with van der Waals surface area (Å²) in [5.41, 5.74) is -1.21. The molecule has 2 atom stereocenters. The first-order chi connectivity index (χ1) is 16.0. The van der Waals surface area contributed by atoms with Crippen LogP contribution < -0.4 is 21.6 Å². The first-order valence-electron chi connectivity index (χ1n) is 11.5. The fraction of sp³-hybridized carbons (Fsp3) is 0.385. The maximum absolute atomic E-state index is 15.2. The number of rotatable bonds is 6. The lowest BCUT2D eigenvalue weighted by molar-refractivity contribution is -0.0529. The van der Waals surface area contributed by atoms with E-state index in [0.29, 0.717) is 0 Å². The first-order valence-corrected chi connectivity index (χ1v) is 13.4. The van der Waals surface area contributed by atoms with Gasteiger partial charge in [-0.2, -0.15) is 0 Å². The summed E-state index contributed by atoms with van der Waals surface area (Å²) in [6.45, 7) is 6.20. The lowest BCUT2D eigenvalue weighted by Crippen LogP contribution is -2.67. The molecule has 5 nitrogen and oxygen atoms in total. The van der Waals surface area contributed by atoms with E-state index in [0.717, 1.165) is 10.4 Å². The molecular weight excluding hydrogens is 454 g/mol. The predicted molar refractivity (Wildman–Crippen MR) is 132 cm³/mol. The second-order valence-corrected chi connectivity index (χ2v) is 14.3. The first kappa shape index (κ1) is 24.3. The Hall–Kier alpha value is -2.84. The van der Waals surface area contributed by atoms with Gasteiger partial charge in [-0.05, 0) is 21.8 Å². The van der Waals surface area contributed by atoms with Crippen molar-refractivity contribution in [1.29, 1.82) is 0 Å². The van der Waals surface area contributed by atoms with Crippen LogP contribution in [0.5, 0.6) is 0 Å². The fourth-order valence-corrected chi connectivity index (χ4v) is 9.78. The van der Waals surface area contributed by atoms with Gasteiger partial charge in [0.25, 0.3) is 19.8 Å². The van der Waals surface area contributed by atoms with Crippen LogP contribution in [0.4, 0.5) is 8.78 Å². The number of H-pyrrole nitrogens is 1. The Morgan fingerprint density at radius 3 is 2.06 bits per heavy atom.